The van der Waals surface area contributed by atoms with Crippen LogP contribution in [-0.2, 0) is 12.7 Å². The molecule has 14 heteroatoms. The van der Waals surface area contributed by atoms with Crippen LogP contribution in [0.2, 0.25) is 5.02 Å². The van der Waals surface area contributed by atoms with Gasteiger partial charge in [-0.3, -0.25) is 4.98 Å². The second-order valence-corrected chi connectivity index (χ2v) is 8.95. The highest BCUT2D eigenvalue weighted by molar-refractivity contribution is 6.31. The summed E-state index contributed by atoms with van der Waals surface area (Å²) in [5.74, 6) is -0.0926. The lowest BCUT2D eigenvalue weighted by Crippen LogP contribution is -2.20. The molecular formula is C25H22ClF4N7O2. The summed E-state index contributed by atoms with van der Waals surface area (Å²) >= 11 is 5.59. The third-order valence-corrected chi connectivity index (χ3v) is 5.64. The van der Waals surface area contributed by atoms with Crippen molar-refractivity contribution in [2.45, 2.75) is 12.7 Å². The van der Waals surface area contributed by atoms with E-state index in [-0.39, 0.29) is 17.1 Å². The van der Waals surface area contributed by atoms with Gasteiger partial charge in [-0.25, -0.2) is 9.18 Å². The van der Waals surface area contributed by atoms with E-state index < -0.39 is 28.6 Å². The summed E-state index contributed by atoms with van der Waals surface area (Å²) in [5, 5.41) is 12.2. The van der Waals surface area contributed by atoms with Gasteiger partial charge in [0.25, 0.3) is 0 Å². The van der Waals surface area contributed by atoms with Crippen molar-refractivity contribution in [3.63, 3.8) is 0 Å². The van der Waals surface area contributed by atoms with Crippen molar-refractivity contribution in [3.05, 3.63) is 77.5 Å². The number of hydrogen-bond acceptors (Lipinski definition) is 6. The zero-order valence-corrected chi connectivity index (χ0v) is 21.4. The van der Waals surface area contributed by atoms with Crippen molar-refractivity contribution >= 4 is 29.0 Å². The molecule has 0 bridgehead atoms. The zero-order valence-electron chi connectivity index (χ0n) is 20.6. The predicted molar refractivity (Wildman–Crippen MR) is 137 cm³/mol. The van der Waals surface area contributed by atoms with Gasteiger partial charge in [0.15, 0.2) is 17.4 Å². The van der Waals surface area contributed by atoms with Crippen molar-refractivity contribution in [2.24, 2.45) is 0 Å². The fourth-order valence-electron chi connectivity index (χ4n) is 3.42. The fourth-order valence-corrected chi connectivity index (χ4v) is 3.65. The number of aromatic nitrogens is 4. The summed E-state index contributed by atoms with van der Waals surface area (Å²) in [6, 6.07) is 8.88. The number of carbonyl (C=O) groups is 1. The molecule has 0 atom stereocenters. The van der Waals surface area contributed by atoms with Crippen molar-refractivity contribution in [1.29, 1.82) is 0 Å². The van der Waals surface area contributed by atoms with E-state index in [1.807, 2.05) is 23.6 Å². The number of halogens is 5. The van der Waals surface area contributed by atoms with Crippen LogP contribution in [-0.4, -0.2) is 51.3 Å². The van der Waals surface area contributed by atoms with Gasteiger partial charge < -0.3 is 24.8 Å². The van der Waals surface area contributed by atoms with E-state index in [4.69, 9.17) is 16.3 Å². The molecule has 0 unspecified atom stereocenters. The number of likely N-dealkylation sites (N-methyl/N-ethyl adjacent to an activating group) is 1. The lowest BCUT2D eigenvalue weighted by molar-refractivity contribution is -0.137. The molecule has 2 heterocycles. The number of benzene rings is 2. The Kier molecular flexibility index (Phi) is 8.31. The normalized spacial score (nSPS) is 11.5. The summed E-state index contributed by atoms with van der Waals surface area (Å²) in [4.78, 5) is 18.6. The molecule has 0 aliphatic rings. The van der Waals surface area contributed by atoms with Crippen molar-refractivity contribution in [1.82, 2.24) is 24.6 Å². The molecule has 2 amide bonds. The third kappa shape index (κ3) is 7.21. The highest BCUT2D eigenvalue weighted by Gasteiger charge is 2.33. The first-order valence-electron chi connectivity index (χ1n) is 11.4. The third-order valence-electron chi connectivity index (χ3n) is 5.31. The van der Waals surface area contributed by atoms with Crippen LogP contribution >= 0.6 is 11.6 Å². The molecule has 9 nitrogen and oxygen atoms in total. The average molecular weight is 564 g/mol. The van der Waals surface area contributed by atoms with Gasteiger partial charge >= 0.3 is 12.2 Å². The van der Waals surface area contributed by atoms with E-state index >= 15 is 0 Å². The Balaban J connectivity index is 1.42. The van der Waals surface area contributed by atoms with Crippen LogP contribution < -0.4 is 15.4 Å². The number of urea groups is 1. The Morgan fingerprint density at radius 2 is 1.79 bits per heavy atom. The number of alkyl halides is 3. The Hall–Kier alpha value is -4.23. The number of hydrogen-bond donors (Lipinski definition) is 2. The molecule has 4 rings (SSSR count). The smallest absolute Gasteiger partial charge is 0.417 e. The van der Waals surface area contributed by atoms with Crippen LogP contribution in [0.15, 0.2) is 61.1 Å². The van der Waals surface area contributed by atoms with Gasteiger partial charge in [0.1, 0.15) is 17.8 Å². The number of rotatable bonds is 8. The van der Waals surface area contributed by atoms with Crippen molar-refractivity contribution in [3.8, 4) is 23.0 Å². The number of anilines is 2. The van der Waals surface area contributed by atoms with Gasteiger partial charge in [-0.1, -0.05) is 11.6 Å². The fraction of sp³-hybridized carbons (Fsp3) is 0.200. The van der Waals surface area contributed by atoms with Gasteiger partial charge in [-0.05, 0) is 50.5 Å². The number of pyridine rings is 1. The highest BCUT2D eigenvalue weighted by atomic mass is 35.5. The average Bonchev–Trinajstić information content (AvgIpc) is 3.34. The molecular weight excluding hydrogens is 542 g/mol. The predicted octanol–water partition coefficient (Wildman–Crippen LogP) is 6.15. The van der Waals surface area contributed by atoms with Crippen molar-refractivity contribution in [2.75, 3.05) is 31.3 Å². The van der Waals surface area contributed by atoms with Crippen LogP contribution in [0.1, 0.15) is 5.56 Å². The lowest BCUT2D eigenvalue weighted by Gasteiger charge is -2.13. The molecule has 0 radical (unpaired) electrons. The number of nitrogens with zero attached hydrogens (tertiary/aromatic N) is 5. The molecule has 39 heavy (non-hydrogen) atoms. The van der Waals surface area contributed by atoms with Gasteiger partial charge in [0, 0.05) is 42.8 Å². The van der Waals surface area contributed by atoms with E-state index in [0.29, 0.717) is 29.9 Å². The molecule has 2 aromatic carbocycles. The molecule has 204 valence electrons. The molecule has 0 fully saturated rings. The SMILES string of the molecule is CN(C)CCn1cnnc1-c1cc(Oc2ccc(NC(=O)Nc3ccc(Cl)c(C(F)(F)F)c3)cc2F)ccn1. The lowest BCUT2D eigenvalue weighted by atomic mass is 10.2. The molecule has 2 N–H and O–H groups in total. The van der Waals surface area contributed by atoms with Gasteiger partial charge in [-0.2, -0.15) is 13.2 Å². The molecule has 0 aliphatic carbocycles. The first kappa shape index (κ1) is 27.8. The maximum absolute atomic E-state index is 14.8. The first-order chi connectivity index (χ1) is 18.5. The second kappa shape index (κ2) is 11.7. The van der Waals surface area contributed by atoms with E-state index in [0.717, 1.165) is 18.7 Å². The second-order valence-electron chi connectivity index (χ2n) is 8.55. The Morgan fingerprint density at radius 1 is 1.08 bits per heavy atom. The molecule has 0 spiro atoms. The largest absolute Gasteiger partial charge is 0.454 e. The van der Waals surface area contributed by atoms with E-state index in [2.05, 4.69) is 25.8 Å². The molecule has 2 aromatic heterocycles. The van der Waals surface area contributed by atoms with Gasteiger partial charge in [0.2, 0.25) is 0 Å². The first-order valence-corrected chi connectivity index (χ1v) is 11.8. The van der Waals surface area contributed by atoms with Gasteiger partial charge in [0.05, 0.1) is 10.6 Å². The number of nitrogens with one attached hydrogen (secondary N) is 2. The maximum atomic E-state index is 14.8. The van der Waals surface area contributed by atoms with Gasteiger partial charge in [-0.15, -0.1) is 10.2 Å². The summed E-state index contributed by atoms with van der Waals surface area (Å²) in [7, 11) is 3.90. The number of ether oxygens (including phenoxy) is 1. The van der Waals surface area contributed by atoms with Crippen LogP contribution in [0, 0.1) is 5.82 Å². The Bertz CT molecular complexity index is 1480. The Morgan fingerprint density at radius 3 is 2.49 bits per heavy atom. The summed E-state index contributed by atoms with van der Waals surface area (Å²) in [6.45, 7) is 1.40. The highest BCUT2D eigenvalue weighted by Crippen LogP contribution is 2.36. The van der Waals surface area contributed by atoms with Crippen LogP contribution in [0.4, 0.5) is 33.7 Å². The summed E-state index contributed by atoms with van der Waals surface area (Å²) < 4.78 is 61.4. The molecule has 4 aromatic rings. The maximum Gasteiger partial charge on any atom is 0.417 e. The minimum absolute atomic E-state index is 0.0479. The van der Waals surface area contributed by atoms with Crippen LogP contribution in [0.25, 0.3) is 11.5 Å². The standard InChI is InChI=1S/C25H22ClF4N7O2/c1-36(2)9-10-37-14-32-35-23(37)21-13-17(7-8-31-21)39-22-6-4-16(12-20(22)27)34-24(38)33-15-3-5-19(26)18(11-15)25(28,29)30/h3-8,11-14H,9-10H2,1-2H3,(H2,33,34,38). The number of amides is 2. The minimum atomic E-state index is -4.69. The number of carbonyl (C=O) groups excluding carboxylic acids is 1. The van der Waals surface area contributed by atoms with Crippen molar-refractivity contribution < 1.29 is 27.1 Å². The summed E-state index contributed by atoms with van der Waals surface area (Å²) in [6.07, 6.45) is -1.60. The molecule has 0 saturated carbocycles. The summed E-state index contributed by atoms with van der Waals surface area (Å²) in [5.41, 5.74) is -0.708. The quantitative estimate of drug-likeness (QED) is 0.250. The zero-order chi connectivity index (χ0) is 28.2. The van der Waals surface area contributed by atoms with E-state index in [1.54, 1.807) is 18.5 Å². The monoisotopic (exact) mass is 563 g/mol. The van der Waals surface area contributed by atoms with E-state index in [1.165, 1.54) is 24.4 Å². The van der Waals surface area contributed by atoms with E-state index in [9.17, 15) is 22.4 Å². The van der Waals surface area contributed by atoms with Crippen LogP contribution in [0.3, 0.4) is 0 Å². The van der Waals surface area contributed by atoms with Crippen LogP contribution in [0.5, 0.6) is 11.5 Å². The minimum Gasteiger partial charge on any atom is -0.454 e. The molecule has 0 aliphatic heterocycles. The molecule has 0 saturated heterocycles. The topological polar surface area (TPSA) is 97.2 Å². The Labute approximate surface area is 225 Å².